The minimum Gasteiger partial charge on any atom is -0.350 e. The fourth-order valence-corrected chi connectivity index (χ4v) is 5.72. The third-order valence-electron chi connectivity index (χ3n) is 5.39. The molecule has 0 radical (unpaired) electrons. The molecule has 0 spiro atoms. The second-order valence-corrected chi connectivity index (χ2v) is 9.87. The van der Waals surface area contributed by atoms with E-state index in [4.69, 9.17) is 0 Å². The highest BCUT2D eigenvalue weighted by Crippen LogP contribution is 2.34. The van der Waals surface area contributed by atoms with Gasteiger partial charge in [0.2, 0.25) is 5.91 Å². The minimum atomic E-state index is -0.415. The summed E-state index contributed by atoms with van der Waals surface area (Å²) >= 11 is 2.49. The summed E-state index contributed by atoms with van der Waals surface area (Å²) < 4.78 is 14.2. The van der Waals surface area contributed by atoms with E-state index in [9.17, 15) is 14.0 Å². The average molecular weight is 470 g/mol. The van der Waals surface area contributed by atoms with Crippen molar-refractivity contribution < 1.29 is 9.18 Å². The number of aromatic amines is 1. The maximum atomic E-state index is 14.2. The Bertz CT molecular complexity index is 1350. The first kappa shape index (κ1) is 20.8. The van der Waals surface area contributed by atoms with Crippen molar-refractivity contribution in [2.24, 2.45) is 0 Å². The number of hydrogen-bond acceptors (Lipinski definition) is 7. The predicted molar refractivity (Wildman–Crippen MR) is 125 cm³/mol. The van der Waals surface area contributed by atoms with Gasteiger partial charge >= 0.3 is 0 Å². The van der Waals surface area contributed by atoms with Crippen molar-refractivity contribution in [1.82, 2.24) is 20.3 Å². The SMILES string of the molecule is Cc1cc(F)c(-c2nc3sc(N4CCC[C@@H]4C(=O)NCc4ccccc4)nc3c(=O)[nH]2)s1. The molecule has 3 aromatic heterocycles. The Morgan fingerprint density at radius 2 is 2.09 bits per heavy atom. The Morgan fingerprint density at radius 3 is 2.84 bits per heavy atom. The summed E-state index contributed by atoms with van der Waals surface area (Å²) in [6, 6.07) is 10.8. The summed E-state index contributed by atoms with van der Waals surface area (Å²) in [6.07, 6.45) is 1.57. The molecule has 1 atom stereocenters. The number of fused-ring (bicyclic) bond motifs is 1. The lowest BCUT2D eigenvalue weighted by Gasteiger charge is -2.23. The summed E-state index contributed by atoms with van der Waals surface area (Å²) in [4.78, 5) is 40.5. The van der Waals surface area contributed by atoms with Crippen LogP contribution in [-0.2, 0) is 11.3 Å². The van der Waals surface area contributed by atoms with Gasteiger partial charge in [0.05, 0.1) is 0 Å². The van der Waals surface area contributed by atoms with Crippen LogP contribution in [0.3, 0.4) is 0 Å². The molecule has 10 heteroatoms. The number of amides is 1. The lowest BCUT2D eigenvalue weighted by Crippen LogP contribution is -2.43. The molecule has 1 amide bonds. The zero-order valence-corrected chi connectivity index (χ0v) is 18.9. The van der Waals surface area contributed by atoms with E-state index in [0.717, 1.165) is 16.9 Å². The summed E-state index contributed by atoms with van der Waals surface area (Å²) in [6.45, 7) is 2.93. The zero-order chi connectivity index (χ0) is 22.2. The largest absolute Gasteiger partial charge is 0.350 e. The standard InChI is InChI=1S/C22H20FN5O2S2/c1-12-10-14(23)17(31-12)18-26-20(30)16-21(27-18)32-22(25-16)28-9-5-8-15(28)19(29)24-11-13-6-3-2-4-7-13/h2-4,6-7,10,15H,5,8-9,11H2,1H3,(H,24,29)(H,26,27,30)/t15-/m1/s1. The highest BCUT2D eigenvalue weighted by molar-refractivity contribution is 7.21. The average Bonchev–Trinajstić information content (AvgIpc) is 3.50. The first-order chi connectivity index (χ1) is 15.5. The number of anilines is 1. The number of rotatable bonds is 5. The van der Waals surface area contributed by atoms with Crippen LogP contribution in [0, 0.1) is 12.7 Å². The third-order valence-corrected chi connectivity index (χ3v) is 7.41. The predicted octanol–water partition coefficient (Wildman–Crippen LogP) is 3.84. The van der Waals surface area contributed by atoms with Crippen LogP contribution in [0.4, 0.5) is 9.52 Å². The van der Waals surface area contributed by atoms with Crippen molar-refractivity contribution in [2.75, 3.05) is 11.4 Å². The van der Waals surface area contributed by atoms with Gasteiger partial charge in [0.1, 0.15) is 16.7 Å². The van der Waals surface area contributed by atoms with Gasteiger partial charge in [-0.1, -0.05) is 41.7 Å². The van der Waals surface area contributed by atoms with Gasteiger partial charge in [-0.15, -0.1) is 11.3 Å². The van der Waals surface area contributed by atoms with E-state index in [-0.39, 0.29) is 23.3 Å². The van der Waals surface area contributed by atoms with Crippen molar-refractivity contribution in [3.63, 3.8) is 0 Å². The molecule has 7 nitrogen and oxygen atoms in total. The maximum absolute atomic E-state index is 14.2. The molecule has 0 aliphatic carbocycles. The van der Waals surface area contributed by atoms with Crippen molar-refractivity contribution in [3.8, 4) is 10.7 Å². The van der Waals surface area contributed by atoms with E-state index in [1.54, 1.807) is 6.92 Å². The molecule has 0 saturated carbocycles. The molecule has 1 aliphatic rings. The van der Waals surface area contributed by atoms with Crippen LogP contribution in [0.1, 0.15) is 23.3 Å². The number of benzene rings is 1. The number of nitrogens with one attached hydrogen (secondary N) is 2. The second-order valence-electron chi connectivity index (χ2n) is 7.65. The molecular formula is C22H20FN5O2S2. The number of thiophene rings is 1. The van der Waals surface area contributed by atoms with Crippen LogP contribution >= 0.6 is 22.7 Å². The van der Waals surface area contributed by atoms with E-state index in [1.807, 2.05) is 35.2 Å². The normalized spacial score (nSPS) is 16.1. The van der Waals surface area contributed by atoms with Crippen LogP contribution in [0.5, 0.6) is 0 Å². The number of thiazole rings is 1. The van der Waals surface area contributed by atoms with E-state index < -0.39 is 11.4 Å². The lowest BCUT2D eigenvalue weighted by molar-refractivity contribution is -0.122. The number of nitrogens with zero attached hydrogens (tertiary/aromatic N) is 3. The molecule has 5 rings (SSSR count). The van der Waals surface area contributed by atoms with E-state index in [2.05, 4.69) is 20.3 Å². The molecule has 1 aromatic carbocycles. The maximum Gasteiger partial charge on any atom is 0.278 e. The summed E-state index contributed by atoms with van der Waals surface area (Å²) in [5.74, 6) is -0.273. The van der Waals surface area contributed by atoms with E-state index >= 15 is 0 Å². The van der Waals surface area contributed by atoms with E-state index in [1.165, 1.54) is 28.7 Å². The summed E-state index contributed by atoms with van der Waals surface area (Å²) in [5.41, 5.74) is 0.824. The number of aryl methyl sites for hydroxylation is 1. The molecular weight excluding hydrogens is 449 g/mol. The number of halogens is 1. The first-order valence-corrected chi connectivity index (χ1v) is 11.9. The quantitative estimate of drug-likeness (QED) is 0.463. The number of aromatic nitrogens is 3. The van der Waals surface area contributed by atoms with E-state index in [0.29, 0.717) is 34.3 Å². The Labute approximate surface area is 191 Å². The van der Waals surface area contributed by atoms with Gasteiger partial charge in [-0.2, -0.15) is 0 Å². The molecule has 4 heterocycles. The number of carbonyl (C=O) groups is 1. The molecule has 0 unspecified atom stereocenters. The Hall–Kier alpha value is -3.11. The molecule has 1 fully saturated rings. The fourth-order valence-electron chi connectivity index (χ4n) is 3.87. The number of carbonyl (C=O) groups excluding carboxylic acids is 1. The molecule has 2 N–H and O–H groups in total. The van der Waals surface area contributed by atoms with Gasteiger partial charge in [-0.25, -0.2) is 14.4 Å². The monoisotopic (exact) mass is 469 g/mol. The molecule has 1 saturated heterocycles. The molecule has 32 heavy (non-hydrogen) atoms. The summed E-state index contributed by atoms with van der Waals surface area (Å²) in [7, 11) is 0. The van der Waals surface area contributed by atoms with Crippen molar-refractivity contribution >= 4 is 44.1 Å². The Morgan fingerprint density at radius 1 is 1.28 bits per heavy atom. The number of H-pyrrole nitrogens is 1. The molecule has 164 valence electrons. The number of hydrogen-bond donors (Lipinski definition) is 2. The van der Waals surface area contributed by atoms with Crippen LogP contribution in [0.2, 0.25) is 0 Å². The lowest BCUT2D eigenvalue weighted by atomic mass is 10.2. The zero-order valence-electron chi connectivity index (χ0n) is 17.2. The minimum absolute atomic E-state index is 0.0655. The van der Waals surface area contributed by atoms with Crippen LogP contribution in [0.25, 0.3) is 21.0 Å². The van der Waals surface area contributed by atoms with Gasteiger partial charge in [0, 0.05) is 18.0 Å². The molecule has 1 aliphatic heterocycles. The molecule has 0 bridgehead atoms. The van der Waals surface area contributed by atoms with Crippen molar-refractivity contribution in [1.29, 1.82) is 0 Å². The highest BCUT2D eigenvalue weighted by Gasteiger charge is 2.33. The van der Waals surface area contributed by atoms with Crippen LogP contribution in [0.15, 0.2) is 41.2 Å². The van der Waals surface area contributed by atoms with Crippen LogP contribution in [-0.4, -0.2) is 33.4 Å². The highest BCUT2D eigenvalue weighted by atomic mass is 32.1. The smallest absolute Gasteiger partial charge is 0.278 e. The Kier molecular flexibility index (Phi) is 5.48. The molecule has 4 aromatic rings. The van der Waals surface area contributed by atoms with Crippen LogP contribution < -0.4 is 15.8 Å². The van der Waals surface area contributed by atoms with Crippen molar-refractivity contribution in [3.05, 3.63) is 63.0 Å². The van der Waals surface area contributed by atoms with Gasteiger partial charge in [0.15, 0.2) is 21.3 Å². The topological polar surface area (TPSA) is 91.0 Å². The first-order valence-electron chi connectivity index (χ1n) is 10.2. The van der Waals surface area contributed by atoms with Gasteiger partial charge in [-0.3, -0.25) is 9.59 Å². The summed E-state index contributed by atoms with van der Waals surface area (Å²) in [5, 5.41) is 3.58. The van der Waals surface area contributed by atoms with Gasteiger partial charge in [-0.05, 0) is 31.4 Å². The van der Waals surface area contributed by atoms with Gasteiger partial charge in [0.25, 0.3) is 5.56 Å². The third kappa shape index (κ3) is 3.91. The second kappa shape index (κ2) is 8.44. The van der Waals surface area contributed by atoms with Crippen molar-refractivity contribution in [2.45, 2.75) is 32.4 Å². The van der Waals surface area contributed by atoms with Gasteiger partial charge < -0.3 is 15.2 Å². The fraction of sp³-hybridized carbons (Fsp3) is 0.273. The Balaban J connectivity index is 1.41.